The standard InChI is InChI=1S/C42H34Si2/c1-7-19-35(20-8-1)43(36-21-9-2-10-22-36,37-23-11-3-12-24-37)41-31-33-42(34-32-41)44(38-25-13-4-14-26-38,39-27-15-5-16-28-39)40-29-17-6-18-30-40/h1-34H/q-1. The highest BCUT2D eigenvalue weighted by Crippen LogP contribution is 2.12. The normalized spacial score (nSPS) is 11.6. The fourth-order valence-electron chi connectivity index (χ4n) is 7.10. The van der Waals surface area contributed by atoms with Gasteiger partial charge in [-0.05, 0) is 28.8 Å². The Morgan fingerprint density at radius 3 is 0.750 bits per heavy atom. The number of hydrogen-bond acceptors (Lipinski definition) is 0. The molecule has 0 heterocycles. The van der Waals surface area contributed by atoms with Gasteiger partial charge in [0.1, 0.15) is 0 Å². The van der Waals surface area contributed by atoms with Crippen LogP contribution in [0.1, 0.15) is 0 Å². The first kappa shape index (κ1) is 27.8. The van der Waals surface area contributed by atoms with Crippen LogP contribution in [0.5, 0.6) is 0 Å². The highest BCUT2D eigenvalue weighted by Gasteiger charge is 2.41. The fourth-order valence-corrected chi connectivity index (χ4v) is 16.6. The predicted molar refractivity (Wildman–Crippen MR) is 194 cm³/mol. The van der Waals surface area contributed by atoms with Crippen LogP contribution in [0.3, 0.4) is 0 Å². The van der Waals surface area contributed by atoms with Gasteiger partial charge in [0.15, 0.2) is 8.07 Å². The third-order valence-corrected chi connectivity index (χ3v) is 18.6. The van der Waals surface area contributed by atoms with E-state index in [-0.39, 0.29) is 0 Å². The van der Waals surface area contributed by atoms with E-state index >= 15 is 0 Å². The Morgan fingerprint density at radius 1 is 0.227 bits per heavy atom. The van der Waals surface area contributed by atoms with Crippen LogP contribution in [0.25, 0.3) is 0 Å². The molecule has 7 rings (SSSR count). The minimum atomic E-state index is -2.60. The molecule has 2 heteroatoms. The molecule has 0 aliphatic rings. The van der Waals surface area contributed by atoms with Crippen molar-refractivity contribution >= 4 is 57.6 Å². The molecule has 0 amide bonds. The van der Waals surface area contributed by atoms with Gasteiger partial charge >= 0.3 is 0 Å². The highest BCUT2D eigenvalue weighted by molar-refractivity contribution is 7.21. The second kappa shape index (κ2) is 12.3. The maximum Gasteiger partial charge on any atom is 0.179 e. The summed E-state index contributed by atoms with van der Waals surface area (Å²) in [4.78, 5) is 0. The third kappa shape index (κ3) is 4.69. The largest absolute Gasteiger partial charge is 0.179 e. The molecular weight excluding hydrogens is 561 g/mol. The van der Waals surface area contributed by atoms with Crippen molar-refractivity contribution in [3.63, 3.8) is 0 Å². The molecule has 0 N–H and O–H groups in total. The maximum atomic E-state index is 2.45. The topological polar surface area (TPSA) is 0 Å². The molecule has 0 aromatic heterocycles. The summed E-state index contributed by atoms with van der Waals surface area (Å²) in [5, 5.41) is 11.1. The van der Waals surface area contributed by atoms with E-state index in [1.807, 2.05) is 0 Å². The Bertz CT molecular complexity index is 1570. The molecule has 0 aliphatic heterocycles. The van der Waals surface area contributed by atoms with Crippen molar-refractivity contribution in [3.05, 3.63) is 206 Å². The van der Waals surface area contributed by atoms with E-state index < -0.39 is 16.1 Å². The van der Waals surface area contributed by atoms with E-state index in [9.17, 15) is 0 Å². The van der Waals surface area contributed by atoms with Crippen LogP contribution < -0.4 is 41.5 Å². The molecule has 0 atom stereocenters. The second-order valence-corrected chi connectivity index (χ2v) is 18.9. The number of benzene rings is 7. The fraction of sp³-hybridized carbons (Fsp3) is 0. The highest BCUT2D eigenvalue weighted by atomic mass is 28.3. The Kier molecular flexibility index (Phi) is 7.77. The van der Waals surface area contributed by atoms with Crippen LogP contribution in [0.4, 0.5) is 0 Å². The molecule has 0 bridgehead atoms. The summed E-state index contributed by atoms with van der Waals surface area (Å²) in [7, 11) is -5.21. The van der Waals surface area contributed by atoms with Gasteiger partial charge in [-0.25, -0.2) is 0 Å². The lowest BCUT2D eigenvalue weighted by Crippen LogP contribution is -2.76. The maximum absolute atomic E-state index is 2.60. The summed E-state index contributed by atoms with van der Waals surface area (Å²) >= 11 is 0. The van der Waals surface area contributed by atoms with Crippen LogP contribution in [0.15, 0.2) is 206 Å². The van der Waals surface area contributed by atoms with Gasteiger partial charge in [-0.3, -0.25) is 0 Å². The van der Waals surface area contributed by atoms with Crippen molar-refractivity contribution in [1.29, 1.82) is 0 Å². The molecule has 0 nitrogen and oxygen atoms in total. The van der Waals surface area contributed by atoms with Gasteiger partial charge in [-0.2, -0.15) is 20.7 Å². The van der Waals surface area contributed by atoms with E-state index in [0.717, 1.165) is 0 Å². The van der Waals surface area contributed by atoms with Crippen molar-refractivity contribution < 1.29 is 0 Å². The first-order valence-electron chi connectivity index (χ1n) is 15.3. The third-order valence-electron chi connectivity index (χ3n) is 8.99. The Labute approximate surface area is 263 Å². The quantitative estimate of drug-likeness (QED) is 0.180. The average Bonchev–Trinajstić information content (AvgIpc) is 3.12. The smallest absolute Gasteiger partial charge is 0.171 e. The van der Waals surface area contributed by atoms with Gasteiger partial charge < -0.3 is 0 Å². The van der Waals surface area contributed by atoms with Gasteiger partial charge in [0.2, 0.25) is 0 Å². The van der Waals surface area contributed by atoms with Crippen LogP contribution in [-0.4, -0.2) is 16.1 Å². The molecule has 0 fully saturated rings. The Morgan fingerprint density at radius 2 is 0.455 bits per heavy atom. The van der Waals surface area contributed by atoms with Crippen LogP contribution in [0.2, 0.25) is 0 Å². The zero-order valence-corrected chi connectivity index (χ0v) is 26.6. The molecule has 44 heavy (non-hydrogen) atoms. The van der Waals surface area contributed by atoms with Crippen molar-refractivity contribution in [2.24, 2.45) is 0 Å². The van der Waals surface area contributed by atoms with Crippen molar-refractivity contribution in [3.8, 4) is 0 Å². The van der Waals surface area contributed by atoms with Crippen LogP contribution >= 0.6 is 0 Å². The second-order valence-electron chi connectivity index (χ2n) is 11.3. The molecule has 0 saturated heterocycles. The molecule has 0 radical (unpaired) electrons. The number of rotatable bonds is 8. The summed E-state index contributed by atoms with van der Waals surface area (Å²) < 4.78 is 0. The predicted octanol–water partition coefficient (Wildman–Crippen LogP) is 4.44. The van der Waals surface area contributed by atoms with Gasteiger partial charge in [0.05, 0.1) is 0 Å². The zero-order chi connectivity index (χ0) is 29.7. The molecule has 7 aromatic carbocycles. The van der Waals surface area contributed by atoms with Crippen LogP contribution in [0, 0.1) is 0 Å². The first-order chi connectivity index (χ1) is 21.8. The zero-order valence-electron chi connectivity index (χ0n) is 24.6. The van der Waals surface area contributed by atoms with Crippen molar-refractivity contribution in [2.45, 2.75) is 0 Å². The van der Waals surface area contributed by atoms with Gasteiger partial charge in [0.25, 0.3) is 0 Å². The summed E-state index contributed by atoms with van der Waals surface area (Å²) in [5.74, 6) is 0. The lowest BCUT2D eigenvalue weighted by Gasteiger charge is -2.47. The monoisotopic (exact) mass is 594 g/mol. The Balaban J connectivity index is 1.52. The van der Waals surface area contributed by atoms with Crippen molar-refractivity contribution in [2.75, 3.05) is 0 Å². The summed E-state index contributed by atoms with van der Waals surface area (Å²) in [6, 6.07) is 76.8. The minimum absolute atomic E-state index is 1.39. The molecule has 0 spiro atoms. The van der Waals surface area contributed by atoms with Gasteiger partial charge in [-0.15, -0.1) is 0 Å². The lowest BCUT2D eigenvalue weighted by atomic mass is 10.3. The van der Waals surface area contributed by atoms with E-state index in [1.165, 1.54) is 41.5 Å². The van der Waals surface area contributed by atoms with E-state index in [4.69, 9.17) is 0 Å². The molecule has 0 saturated carbocycles. The SMILES string of the molecule is c1ccc([Si](c2ccccc2)(c2ccccc2)c2ccc([Si-](c3ccccc3)(c3ccccc3)c3ccccc3)cc2)cc1. The molecule has 7 aromatic rings. The van der Waals surface area contributed by atoms with E-state index in [0.29, 0.717) is 0 Å². The van der Waals surface area contributed by atoms with Crippen molar-refractivity contribution in [1.82, 2.24) is 0 Å². The number of hydrogen-bond donors (Lipinski definition) is 0. The van der Waals surface area contributed by atoms with Gasteiger partial charge in [0, 0.05) is 0 Å². The minimum Gasteiger partial charge on any atom is -0.171 e. The average molecular weight is 595 g/mol. The first-order valence-corrected chi connectivity index (χ1v) is 19.3. The van der Waals surface area contributed by atoms with E-state index in [2.05, 4.69) is 206 Å². The summed E-state index contributed by atoms with van der Waals surface area (Å²) in [6.07, 6.45) is 0. The molecule has 211 valence electrons. The van der Waals surface area contributed by atoms with E-state index in [1.54, 1.807) is 0 Å². The molecule has 0 unspecified atom stereocenters. The summed E-state index contributed by atoms with van der Waals surface area (Å²) in [5.41, 5.74) is 0. The Hall–Kier alpha value is -5.03. The van der Waals surface area contributed by atoms with Gasteiger partial charge in [-0.1, -0.05) is 206 Å². The molecule has 0 aliphatic carbocycles. The summed E-state index contributed by atoms with van der Waals surface area (Å²) in [6.45, 7) is 0. The lowest BCUT2D eigenvalue weighted by molar-refractivity contribution is 1.65. The molecular formula is C42H34Si2-. The van der Waals surface area contributed by atoms with Crippen LogP contribution in [-0.2, 0) is 0 Å².